The van der Waals surface area contributed by atoms with E-state index in [1.165, 1.54) is 26.0 Å². The second kappa shape index (κ2) is 7.75. The Kier molecular flexibility index (Phi) is 5.41. The normalized spacial score (nSPS) is 16.7. The number of para-hydroxylation sites is 1. The third-order valence-corrected chi connectivity index (χ3v) is 5.01. The Bertz CT molecular complexity index is 921. The molecular weight excluding hydrogens is 364 g/mol. The number of rotatable bonds is 4. The quantitative estimate of drug-likeness (QED) is 0.781. The predicted molar refractivity (Wildman–Crippen MR) is 108 cm³/mol. The standard InChI is InChI=1S/C20H20N2O4S/c1-11-6-5-7-12(2)17(11)21-20-22-19(24)16(27-20)10-13-8-14(25-3)18(23)15(9-13)26-4/h5-10,23H,1-4H3,(H,21,22,24)/b16-10-. The first-order valence-electron chi connectivity index (χ1n) is 8.23. The van der Waals surface area contributed by atoms with Crippen molar-refractivity contribution in [3.8, 4) is 17.2 Å². The fourth-order valence-corrected chi connectivity index (χ4v) is 3.54. The zero-order chi connectivity index (χ0) is 19.6. The van der Waals surface area contributed by atoms with E-state index < -0.39 is 0 Å². The third-order valence-electron chi connectivity index (χ3n) is 4.10. The molecule has 2 N–H and O–H groups in total. The van der Waals surface area contributed by atoms with Gasteiger partial charge in [-0.3, -0.25) is 4.79 Å². The number of ether oxygens (including phenoxy) is 2. The van der Waals surface area contributed by atoms with Crippen LogP contribution < -0.4 is 14.8 Å². The lowest BCUT2D eigenvalue weighted by Crippen LogP contribution is -2.19. The average molecular weight is 384 g/mol. The third kappa shape index (κ3) is 3.93. The van der Waals surface area contributed by atoms with Crippen LogP contribution in [0.4, 0.5) is 5.69 Å². The number of benzene rings is 2. The van der Waals surface area contributed by atoms with Crippen LogP contribution in [0.2, 0.25) is 0 Å². The Balaban J connectivity index is 1.93. The number of nitrogens with one attached hydrogen (secondary N) is 1. The highest BCUT2D eigenvalue weighted by Gasteiger charge is 2.24. The number of amidine groups is 1. The monoisotopic (exact) mass is 384 g/mol. The second-order valence-corrected chi connectivity index (χ2v) is 7.03. The van der Waals surface area contributed by atoms with Crippen molar-refractivity contribution in [1.29, 1.82) is 0 Å². The van der Waals surface area contributed by atoms with Crippen molar-refractivity contribution in [3.05, 3.63) is 51.9 Å². The van der Waals surface area contributed by atoms with Gasteiger partial charge in [0.2, 0.25) is 5.75 Å². The Morgan fingerprint density at radius 3 is 2.26 bits per heavy atom. The molecular formula is C20H20N2O4S. The van der Waals surface area contributed by atoms with E-state index in [4.69, 9.17) is 9.47 Å². The molecule has 140 valence electrons. The van der Waals surface area contributed by atoms with E-state index in [0.29, 0.717) is 15.6 Å². The van der Waals surface area contributed by atoms with Crippen molar-refractivity contribution in [2.75, 3.05) is 14.2 Å². The molecule has 27 heavy (non-hydrogen) atoms. The lowest BCUT2D eigenvalue weighted by Gasteiger charge is -2.09. The van der Waals surface area contributed by atoms with Crippen molar-refractivity contribution < 1.29 is 19.4 Å². The molecule has 0 aliphatic carbocycles. The van der Waals surface area contributed by atoms with E-state index in [1.54, 1.807) is 18.2 Å². The number of aliphatic imine (C=N–C) groups is 1. The molecule has 1 aliphatic rings. The minimum Gasteiger partial charge on any atom is -0.502 e. The number of phenolic OH excluding ortho intramolecular Hbond substituents is 1. The second-order valence-electron chi connectivity index (χ2n) is 6.00. The summed E-state index contributed by atoms with van der Waals surface area (Å²) in [5, 5.41) is 13.3. The summed E-state index contributed by atoms with van der Waals surface area (Å²) in [6.07, 6.45) is 1.71. The summed E-state index contributed by atoms with van der Waals surface area (Å²) in [5.74, 6) is 0.238. The van der Waals surface area contributed by atoms with Crippen LogP contribution >= 0.6 is 11.8 Å². The van der Waals surface area contributed by atoms with Gasteiger partial charge >= 0.3 is 0 Å². The number of aromatic hydroxyl groups is 1. The van der Waals surface area contributed by atoms with Crippen molar-refractivity contribution in [3.63, 3.8) is 0 Å². The minimum atomic E-state index is -0.226. The first-order chi connectivity index (χ1) is 12.9. The zero-order valence-corrected chi connectivity index (χ0v) is 16.3. The summed E-state index contributed by atoms with van der Waals surface area (Å²) in [6, 6.07) is 9.23. The van der Waals surface area contributed by atoms with E-state index >= 15 is 0 Å². The van der Waals surface area contributed by atoms with Crippen LogP contribution in [0.5, 0.6) is 17.2 Å². The van der Waals surface area contributed by atoms with Gasteiger partial charge in [-0.15, -0.1) is 0 Å². The summed E-state index contributed by atoms with van der Waals surface area (Å²) in [6.45, 7) is 3.97. The Labute approximate surface area is 161 Å². The van der Waals surface area contributed by atoms with Crippen LogP contribution in [0.15, 0.2) is 40.2 Å². The first kappa shape index (κ1) is 18.8. The van der Waals surface area contributed by atoms with Gasteiger partial charge in [-0.2, -0.15) is 0 Å². The molecule has 0 unspecified atom stereocenters. The molecule has 0 atom stereocenters. The van der Waals surface area contributed by atoms with Gasteiger partial charge in [-0.1, -0.05) is 18.2 Å². The number of methoxy groups -OCH3 is 2. The van der Waals surface area contributed by atoms with E-state index in [0.717, 1.165) is 16.8 Å². The van der Waals surface area contributed by atoms with Crippen LogP contribution in [0.1, 0.15) is 16.7 Å². The molecule has 3 rings (SSSR count). The number of carbonyl (C=O) groups excluding carboxylic acids is 1. The molecule has 1 aliphatic heterocycles. The molecule has 1 amide bonds. The Hall–Kier alpha value is -2.93. The topological polar surface area (TPSA) is 80.2 Å². The lowest BCUT2D eigenvalue weighted by atomic mass is 10.1. The molecule has 1 heterocycles. The molecule has 2 aromatic rings. The summed E-state index contributed by atoms with van der Waals surface area (Å²) in [4.78, 5) is 17.4. The molecule has 0 spiro atoms. The molecule has 1 saturated heterocycles. The number of thioether (sulfide) groups is 1. The van der Waals surface area contributed by atoms with Crippen molar-refractivity contribution in [1.82, 2.24) is 5.32 Å². The maximum absolute atomic E-state index is 12.3. The molecule has 0 saturated carbocycles. The van der Waals surface area contributed by atoms with Gasteiger partial charge in [0, 0.05) is 0 Å². The van der Waals surface area contributed by atoms with Gasteiger partial charge in [0.25, 0.3) is 5.91 Å². The van der Waals surface area contributed by atoms with Gasteiger partial charge in [-0.05, 0) is 60.5 Å². The number of phenols is 1. The van der Waals surface area contributed by atoms with Crippen molar-refractivity contribution in [2.45, 2.75) is 13.8 Å². The van der Waals surface area contributed by atoms with Gasteiger partial charge < -0.3 is 19.9 Å². The number of nitrogens with zero attached hydrogens (tertiary/aromatic N) is 1. The molecule has 0 bridgehead atoms. The molecule has 6 nitrogen and oxygen atoms in total. The number of hydrogen-bond donors (Lipinski definition) is 2. The smallest absolute Gasteiger partial charge is 0.264 e. The SMILES string of the molecule is COc1cc(/C=C2\SC(=Nc3c(C)cccc3C)NC2=O)cc(OC)c1O. The van der Waals surface area contributed by atoms with Crippen LogP contribution in [-0.2, 0) is 4.79 Å². The van der Waals surface area contributed by atoms with E-state index in [2.05, 4.69) is 10.3 Å². The van der Waals surface area contributed by atoms with Gasteiger partial charge in [0.05, 0.1) is 24.8 Å². The highest BCUT2D eigenvalue weighted by atomic mass is 32.2. The zero-order valence-electron chi connectivity index (χ0n) is 15.5. The fraction of sp³-hybridized carbons (Fsp3) is 0.200. The van der Waals surface area contributed by atoms with Crippen LogP contribution in [0, 0.1) is 13.8 Å². The number of carbonyl (C=O) groups is 1. The maximum Gasteiger partial charge on any atom is 0.264 e. The summed E-state index contributed by atoms with van der Waals surface area (Å²) in [5.41, 5.74) is 3.62. The highest BCUT2D eigenvalue weighted by molar-refractivity contribution is 8.18. The summed E-state index contributed by atoms with van der Waals surface area (Å²) in [7, 11) is 2.91. The van der Waals surface area contributed by atoms with Gasteiger partial charge in [0.1, 0.15) is 0 Å². The van der Waals surface area contributed by atoms with Crippen LogP contribution in [-0.4, -0.2) is 30.4 Å². The number of hydrogen-bond acceptors (Lipinski definition) is 6. The molecule has 0 aromatic heterocycles. The fourth-order valence-electron chi connectivity index (χ4n) is 2.71. The summed E-state index contributed by atoms with van der Waals surface area (Å²) < 4.78 is 10.3. The number of aryl methyl sites for hydroxylation is 2. The first-order valence-corrected chi connectivity index (χ1v) is 9.05. The Morgan fingerprint density at radius 1 is 1.11 bits per heavy atom. The largest absolute Gasteiger partial charge is 0.502 e. The van der Waals surface area contributed by atoms with Crippen LogP contribution in [0.3, 0.4) is 0 Å². The van der Waals surface area contributed by atoms with Gasteiger partial charge in [-0.25, -0.2) is 4.99 Å². The summed E-state index contributed by atoms with van der Waals surface area (Å²) >= 11 is 1.26. The highest BCUT2D eigenvalue weighted by Crippen LogP contribution is 2.38. The van der Waals surface area contributed by atoms with E-state index in [-0.39, 0.29) is 23.2 Å². The number of amides is 1. The van der Waals surface area contributed by atoms with E-state index in [9.17, 15) is 9.90 Å². The average Bonchev–Trinajstić information content (AvgIpc) is 2.98. The molecule has 1 fully saturated rings. The minimum absolute atomic E-state index is 0.0806. The predicted octanol–water partition coefficient (Wildman–Crippen LogP) is 3.92. The van der Waals surface area contributed by atoms with Gasteiger partial charge in [0.15, 0.2) is 16.7 Å². The maximum atomic E-state index is 12.3. The molecule has 7 heteroatoms. The molecule has 2 aromatic carbocycles. The van der Waals surface area contributed by atoms with E-state index in [1.807, 2.05) is 32.0 Å². The van der Waals surface area contributed by atoms with Crippen LogP contribution in [0.25, 0.3) is 6.08 Å². The van der Waals surface area contributed by atoms with Crippen molar-refractivity contribution >= 4 is 34.6 Å². The lowest BCUT2D eigenvalue weighted by molar-refractivity contribution is -0.115. The Morgan fingerprint density at radius 2 is 1.70 bits per heavy atom. The van der Waals surface area contributed by atoms with Crippen molar-refractivity contribution in [2.24, 2.45) is 4.99 Å². The molecule has 0 radical (unpaired) electrons.